The minimum atomic E-state index is -0.620. The first-order valence-electron chi connectivity index (χ1n) is 4.72. The molecule has 0 amide bonds. The Hall–Kier alpha value is -0.840. The number of rotatable bonds is 5. The van der Waals surface area contributed by atoms with Gasteiger partial charge in [0.15, 0.2) is 0 Å². The van der Waals surface area contributed by atoms with Crippen molar-refractivity contribution in [1.82, 2.24) is 0 Å². The fourth-order valence-corrected chi connectivity index (χ4v) is 1.02. The number of ether oxygens (including phenoxy) is 2. The average Bonchev–Trinajstić information content (AvgIpc) is 2.16. The topological polar surface area (TPSA) is 52.6 Å². The van der Waals surface area contributed by atoms with Gasteiger partial charge in [0.2, 0.25) is 5.76 Å². The maximum atomic E-state index is 11.3. The lowest BCUT2D eigenvalue weighted by atomic mass is 10.3. The molecule has 15 heavy (non-hydrogen) atoms. The summed E-state index contributed by atoms with van der Waals surface area (Å²) in [5.41, 5.74) is 0. The molecule has 1 atom stereocenters. The highest BCUT2D eigenvalue weighted by atomic mass is 79.9. The lowest BCUT2D eigenvalue weighted by molar-refractivity contribution is -0.150. The highest BCUT2D eigenvalue weighted by Gasteiger charge is 2.15. The zero-order valence-electron chi connectivity index (χ0n) is 9.08. The Kier molecular flexibility index (Phi) is 7.03. The number of allylic oxidation sites excluding steroid dienone is 1. The van der Waals surface area contributed by atoms with Crippen LogP contribution in [0.2, 0.25) is 0 Å². The molecule has 0 bridgehead atoms. The Morgan fingerprint density at radius 2 is 2.00 bits per heavy atom. The van der Waals surface area contributed by atoms with Gasteiger partial charge < -0.3 is 9.47 Å². The van der Waals surface area contributed by atoms with Crippen LogP contribution in [0, 0.1) is 0 Å². The SMILES string of the molecule is CCOC(=O)/C(=C/C(Br)CC)OC(C)=O. The fraction of sp³-hybridized carbons (Fsp3) is 0.600. The first kappa shape index (κ1) is 14.2. The van der Waals surface area contributed by atoms with Crippen LogP contribution < -0.4 is 0 Å². The second kappa shape index (κ2) is 7.45. The van der Waals surface area contributed by atoms with Crippen molar-refractivity contribution < 1.29 is 19.1 Å². The van der Waals surface area contributed by atoms with Crippen LogP contribution in [-0.4, -0.2) is 23.4 Å². The number of alkyl halides is 1. The van der Waals surface area contributed by atoms with E-state index < -0.39 is 11.9 Å². The summed E-state index contributed by atoms with van der Waals surface area (Å²) in [6, 6.07) is 0. The van der Waals surface area contributed by atoms with Crippen molar-refractivity contribution in [2.24, 2.45) is 0 Å². The molecule has 1 unspecified atom stereocenters. The summed E-state index contributed by atoms with van der Waals surface area (Å²) in [6.07, 6.45) is 2.31. The summed E-state index contributed by atoms with van der Waals surface area (Å²) in [7, 11) is 0. The van der Waals surface area contributed by atoms with E-state index in [-0.39, 0.29) is 17.2 Å². The van der Waals surface area contributed by atoms with Crippen LogP contribution in [-0.2, 0) is 19.1 Å². The molecule has 0 rings (SSSR count). The molecule has 0 fully saturated rings. The number of carbonyl (C=O) groups is 2. The van der Waals surface area contributed by atoms with Gasteiger partial charge in [-0.3, -0.25) is 4.79 Å². The molecule has 0 aromatic carbocycles. The van der Waals surface area contributed by atoms with Gasteiger partial charge >= 0.3 is 11.9 Å². The lowest BCUT2D eigenvalue weighted by Crippen LogP contribution is -2.14. The van der Waals surface area contributed by atoms with Crippen LogP contribution >= 0.6 is 15.9 Å². The number of hydrogen-bond donors (Lipinski definition) is 0. The van der Waals surface area contributed by atoms with Crippen LogP contribution in [0.25, 0.3) is 0 Å². The van der Waals surface area contributed by atoms with Gasteiger partial charge in [-0.15, -0.1) is 0 Å². The molecule has 0 aliphatic heterocycles. The molecule has 4 nitrogen and oxygen atoms in total. The predicted molar refractivity (Wildman–Crippen MR) is 59.5 cm³/mol. The average molecular weight is 279 g/mol. The Morgan fingerprint density at radius 3 is 2.40 bits per heavy atom. The van der Waals surface area contributed by atoms with Crippen molar-refractivity contribution in [3.8, 4) is 0 Å². The van der Waals surface area contributed by atoms with Gasteiger partial charge in [0.1, 0.15) is 0 Å². The monoisotopic (exact) mass is 278 g/mol. The van der Waals surface area contributed by atoms with Crippen LogP contribution in [0.5, 0.6) is 0 Å². The molecular formula is C10H15BrO4. The summed E-state index contributed by atoms with van der Waals surface area (Å²) in [5, 5.41) is 0. The Labute approximate surface area is 97.8 Å². The largest absolute Gasteiger partial charge is 0.460 e. The predicted octanol–water partition coefficient (Wildman–Crippen LogP) is 2.17. The Morgan fingerprint density at radius 1 is 1.40 bits per heavy atom. The number of hydrogen-bond acceptors (Lipinski definition) is 4. The van der Waals surface area contributed by atoms with Gasteiger partial charge in [0, 0.05) is 11.8 Å². The zero-order chi connectivity index (χ0) is 11.8. The molecular weight excluding hydrogens is 264 g/mol. The van der Waals surface area contributed by atoms with Crippen molar-refractivity contribution in [2.75, 3.05) is 6.61 Å². The van der Waals surface area contributed by atoms with Crippen molar-refractivity contribution in [2.45, 2.75) is 32.0 Å². The molecule has 5 heteroatoms. The zero-order valence-corrected chi connectivity index (χ0v) is 10.7. The quantitative estimate of drug-likeness (QED) is 0.335. The Bertz CT molecular complexity index is 260. The third kappa shape index (κ3) is 6.28. The molecule has 0 aromatic heterocycles. The summed E-state index contributed by atoms with van der Waals surface area (Å²) in [6.45, 7) is 5.11. The third-order valence-electron chi connectivity index (χ3n) is 1.45. The second-order valence-corrected chi connectivity index (χ2v) is 3.95. The summed E-state index contributed by atoms with van der Waals surface area (Å²) in [4.78, 5) is 22.1. The van der Waals surface area contributed by atoms with E-state index in [1.807, 2.05) is 6.92 Å². The molecule has 0 saturated heterocycles. The van der Waals surface area contributed by atoms with Crippen molar-refractivity contribution >= 4 is 27.9 Å². The Balaban J connectivity index is 4.63. The van der Waals surface area contributed by atoms with Gasteiger partial charge in [-0.1, -0.05) is 22.9 Å². The van der Waals surface area contributed by atoms with Crippen molar-refractivity contribution in [1.29, 1.82) is 0 Å². The summed E-state index contributed by atoms with van der Waals surface area (Å²) in [5.74, 6) is -1.22. The van der Waals surface area contributed by atoms with Gasteiger partial charge in [0.25, 0.3) is 0 Å². The van der Waals surface area contributed by atoms with Crippen LogP contribution in [0.4, 0.5) is 0 Å². The standard InChI is InChI=1S/C10H15BrO4/c1-4-8(11)6-9(15-7(3)12)10(13)14-5-2/h6,8H,4-5H2,1-3H3/b9-6-. The van der Waals surface area contributed by atoms with E-state index in [0.717, 1.165) is 6.42 Å². The molecule has 0 aromatic rings. The summed E-state index contributed by atoms with van der Waals surface area (Å²) < 4.78 is 9.50. The van der Waals surface area contributed by atoms with E-state index in [1.165, 1.54) is 13.0 Å². The maximum Gasteiger partial charge on any atom is 0.374 e. The highest BCUT2D eigenvalue weighted by Crippen LogP contribution is 2.11. The minimum absolute atomic E-state index is 0.0174. The molecule has 0 heterocycles. The van der Waals surface area contributed by atoms with Gasteiger partial charge in [0.05, 0.1) is 6.61 Å². The molecule has 0 spiro atoms. The van der Waals surface area contributed by atoms with Crippen LogP contribution in [0.15, 0.2) is 11.8 Å². The molecule has 0 aliphatic carbocycles. The van der Waals surface area contributed by atoms with Crippen LogP contribution in [0.1, 0.15) is 27.2 Å². The van der Waals surface area contributed by atoms with E-state index in [0.29, 0.717) is 0 Å². The van der Waals surface area contributed by atoms with E-state index in [1.54, 1.807) is 6.92 Å². The number of esters is 2. The van der Waals surface area contributed by atoms with Crippen LogP contribution in [0.3, 0.4) is 0 Å². The van der Waals surface area contributed by atoms with E-state index >= 15 is 0 Å². The smallest absolute Gasteiger partial charge is 0.374 e. The number of carbonyl (C=O) groups excluding carboxylic acids is 2. The van der Waals surface area contributed by atoms with Crippen molar-refractivity contribution in [3.63, 3.8) is 0 Å². The molecule has 0 saturated carbocycles. The fourth-order valence-electron chi connectivity index (χ4n) is 0.783. The number of halogens is 1. The molecule has 0 radical (unpaired) electrons. The first-order valence-corrected chi connectivity index (χ1v) is 5.64. The van der Waals surface area contributed by atoms with Gasteiger partial charge in [-0.2, -0.15) is 0 Å². The third-order valence-corrected chi connectivity index (χ3v) is 2.36. The summed E-state index contributed by atoms with van der Waals surface area (Å²) >= 11 is 3.31. The molecule has 0 N–H and O–H groups in total. The lowest BCUT2D eigenvalue weighted by Gasteiger charge is -2.07. The van der Waals surface area contributed by atoms with Gasteiger partial charge in [-0.05, 0) is 19.4 Å². The second-order valence-electron chi connectivity index (χ2n) is 2.77. The first-order chi connectivity index (χ1) is 7.01. The van der Waals surface area contributed by atoms with Crippen molar-refractivity contribution in [3.05, 3.63) is 11.8 Å². The van der Waals surface area contributed by atoms with E-state index in [9.17, 15) is 9.59 Å². The molecule has 86 valence electrons. The van der Waals surface area contributed by atoms with Gasteiger partial charge in [-0.25, -0.2) is 4.79 Å². The van der Waals surface area contributed by atoms with E-state index in [4.69, 9.17) is 9.47 Å². The van der Waals surface area contributed by atoms with E-state index in [2.05, 4.69) is 15.9 Å². The highest BCUT2D eigenvalue weighted by molar-refractivity contribution is 9.09. The molecule has 0 aliphatic rings. The maximum absolute atomic E-state index is 11.3. The normalized spacial score (nSPS) is 13.2. The minimum Gasteiger partial charge on any atom is -0.460 e.